The third-order valence-corrected chi connectivity index (χ3v) is 6.18. The Morgan fingerprint density at radius 3 is 2.12 bits per heavy atom. The molecule has 0 spiro atoms. The quantitative estimate of drug-likeness (QED) is 0.227. The molecule has 41 heavy (non-hydrogen) atoms. The van der Waals surface area contributed by atoms with Crippen LogP contribution >= 0.6 is 11.6 Å². The van der Waals surface area contributed by atoms with Crippen molar-refractivity contribution in [2.45, 2.75) is 68.0 Å². The molecule has 0 aliphatic heterocycles. The minimum absolute atomic E-state index is 0.105. The van der Waals surface area contributed by atoms with Crippen LogP contribution in [0.15, 0.2) is 96.2 Å². The molecule has 3 aromatic carbocycles. The highest BCUT2D eigenvalue weighted by Crippen LogP contribution is 2.32. The summed E-state index contributed by atoms with van der Waals surface area (Å²) in [7, 11) is 1.75. The van der Waals surface area contributed by atoms with Crippen LogP contribution in [0.2, 0.25) is 5.02 Å². The van der Waals surface area contributed by atoms with Crippen molar-refractivity contribution >= 4 is 22.5 Å². The summed E-state index contributed by atoms with van der Waals surface area (Å²) in [5.74, 6) is 0. The van der Waals surface area contributed by atoms with Crippen LogP contribution in [0, 0.1) is 0 Å². The van der Waals surface area contributed by atoms with Crippen LogP contribution in [-0.4, -0.2) is 19.2 Å². The molecule has 220 valence electrons. The maximum absolute atomic E-state index is 12.6. The van der Waals surface area contributed by atoms with E-state index in [-0.39, 0.29) is 5.56 Å². The summed E-state index contributed by atoms with van der Waals surface area (Å²) in [4.78, 5) is 16.9. The molecule has 5 nitrogen and oxygen atoms in total. The smallest absolute Gasteiger partial charge is 0.251 e. The molecule has 6 heteroatoms. The molecule has 1 atom stereocenters. The van der Waals surface area contributed by atoms with Crippen molar-refractivity contribution in [3.05, 3.63) is 124 Å². The highest BCUT2D eigenvalue weighted by molar-refractivity contribution is 6.30. The van der Waals surface area contributed by atoms with Crippen molar-refractivity contribution in [1.29, 1.82) is 0 Å². The Morgan fingerprint density at radius 1 is 0.829 bits per heavy atom. The van der Waals surface area contributed by atoms with Gasteiger partial charge in [-0.2, -0.15) is 0 Å². The van der Waals surface area contributed by atoms with Crippen molar-refractivity contribution < 1.29 is 5.11 Å². The Hall–Kier alpha value is -3.67. The molecule has 1 N–H and O–H groups in total. The predicted molar refractivity (Wildman–Crippen MR) is 177 cm³/mol. The summed E-state index contributed by atoms with van der Waals surface area (Å²) < 4.78 is 3.56. The number of halogens is 1. The second-order valence-electron chi connectivity index (χ2n) is 8.08. The number of fused-ring (bicyclic) bond motifs is 1. The first-order chi connectivity index (χ1) is 20.0. The normalized spacial score (nSPS) is 10.4. The molecule has 0 aliphatic rings. The van der Waals surface area contributed by atoms with Crippen LogP contribution in [0.5, 0.6) is 0 Å². The lowest BCUT2D eigenvalue weighted by molar-refractivity contribution is 0.210. The van der Waals surface area contributed by atoms with Crippen molar-refractivity contribution in [2.75, 3.05) is 0 Å². The molecule has 0 aliphatic carbocycles. The number of rotatable bonds is 5. The van der Waals surface area contributed by atoms with Gasteiger partial charge in [-0.25, -0.2) is 4.98 Å². The van der Waals surface area contributed by atoms with E-state index in [9.17, 15) is 9.90 Å². The summed E-state index contributed by atoms with van der Waals surface area (Å²) in [5, 5.41) is 12.7. The Morgan fingerprint density at radius 2 is 1.49 bits per heavy atom. The van der Waals surface area contributed by atoms with Gasteiger partial charge in [0.1, 0.15) is 6.10 Å². The van der Waals surface area contributed by atoms with Crippen molar-refractivity contribution in [3.63, 3.8) is 0 Å². The molecule has 0 saturated heterocycles. The third-order valence-electron chi connectivity index (χ3n) is 5.94. The van der Waals surface area contributed by atoms with Gasteiger partial charge < -0.3 is 14.2 Å². The van der Waals surface area contributed by atoms with Crippen LogP contribution in [0.4, 0.5) is 0 Å². The van der Waals surface area contributed by atoms with Crippen molar-refractivity contribution in [1.82, 2.24) is 14.1 Å². The fraction of sp³-hybridized carbons (Fsp3) is 0.314. The molecule has 1 unspecified atom stereocenters. The van der Waals surface area contributed by atoms with E-state index in [1.807, 2.05) is 127 Å². The van der Waals surface area contributed by atoms with E-state index >= 15 is 0 Å². The number of hydrogen-bond donors (Lipinski definition) is 1. The van der Waals surface area contributed by atoms with Crippen LogP contribution in [0.25, 0.3) is 22.0 Å². The van der Waals surface area contributed by atoms with Gasteiger partial charge in [-0.3, -0.25) is 4.79 Å². The van der Waals surface area contributed by atoms with Crippen LogP contribution in [0.3, 0.4) is 0 Å². The average molecular weight is 576 g/mol. The van der Waals surface area contributed by atoms with Gasteiger partial charge in [-0.05, 0) is 46.5 Å². The largest absolute Gasteiger partial charge is 0.382 e. The SMILES string of the molecule is CC.CC.CC.CC.Cn1c(=O)cc(-c2cccc(Cl)c2)c2cc(C(O)c3cncn3Cc3ccccc3)ccc21. The lowest BCUT2D eigenvalue weighted by atomic mass is 9.97. The number of benzene rings is 3. The molecule has 0 bridgehead atoms. The Kier molecular flexibility index (Phi) is 16.1. The predicted octanol–water partition coefficient (Wildman–Crippen LogP) is 9.29. The van der Waals surface area contributed by atoms with Gasteiger partial charge in [-0.15, -0.1) is 0 Å². The number of pyridine rings is 1. The highest BCUT2D eigenvalue weighted by Gasteiger charge is 2.18. The number of aliphatic hydroxyl groups excluding tert-OH is 1. The van der Waals surface area contributed by atoms with Crippen molar-refractivity contribution in [3.8, 4) is 11.1 Å². The summed E-state index contributed by atoms with van der Waals surface area (Å²) >= 11 is 6.22. The van der Waals surface area contributed by atoms with Gasteiger partial charge in [0, 0.05) is 30.1 Å². The molecule has 0 amide bonds. The summed E-state index contributed by atoms with van der Waals surface area (Å²) in [6, 6.07) is 24.8. The monoisotopic (exact) mass is 575 g/mol. The summed E-state index contributed by atoms with van der Waals surface area (Å²) in [6.07, 6.45) is 2.55. The Bertz CT molecular complexity index is 1510. The fourth-order valence-corrected chi connectivity index (χ4v) is 4.38. The zero-order chi connectivity index (χ0) is 30.9. The zero-order valence-electron chi connectivity index (χ0n) is 26.0. The van der Waals surface area contributed by atoms with E-state index in [2.05, 4.69) is 4.98 Å². The topological polar surface area (TPSA) is 60.1 Å². The van der Waals surface area contributed by atoms with Gasteiger partial charge in [0.05, 0.1) is 23.7 Å². The minimum Gasteiger partial charge on any atom is -0.382 e. The maximum atomic E-state index is 12.6. The third kappa shape index (κ3) is 8.91. The molecule has 2 aromatic heterocycles. The zero-order valence-corrected chi connectivity index (χ0v) is 26.8. The van der Waals surface area contributed by atoms with E-state index in [0.29, 0.717) is 17.3 Å². The number of hydrogen-bond acceptors (Lipinski definition) is 3. The first kappa shape index (κ1) is 35.4. The first-order valence-electron chi connectivity index (χ1n) is 14.6. The van der Waals surface area contributed by atoms with Gasteiger partial charge in [0.2, 0.25) is 0 Å². The summed E-state index contributed by atoms with van der Waals surface area (Å²) in [6.45, 7) is 16.6. The van der Waals surface area contributed by atoms with E-state index in [4.69, 9.17) is 11.6 Å². The molecule has 5 aromatic rings. The fourth-order valence-electron chi connectivity index (χ4n) is 4.19. The van der Waals surface area contributed by atoms with Gasteiger partial charge >= 0.3 is 0 Å². The number of aliphatic hydroxyl groups is 1. The van der Waals surface area contributed by atoms with Gasteiger partial charge in [-0.1, -0.05) is 116 Å². The minimum atomic E-state index is -0.870. The van der Waals surface area contributed by atoms with Crippen LogP contribution in [0.1, 0.15) is 78.3 Å². The van der Waals surface area contributed by atoms with Gasteiger partial charge in [0.25, 0.3) is 5.56 Å². The second kappa shape index (κ2) is 18.6. The lowest BCUT2D eigenvalue weighted by Crippen LogP contribution is -2.16. The Balaban J connectivity index is 0.000000969. The molecule has 0 fully saturated rings. The average Bonchev–Trinajstić information content (AvgIpc) is 3.50. The molecular formula is C35H46ClN3O2. The van der Waals surface area contributed by atoms with E-state index < -0.39 is 6.10 Å². The Labute approximate surface area is 251 Å². The highest BCUT2D eigenvalue weighted by atomic mass is 35.5. The second-order valence-corrected chi connectivity index (χ2v) is 8.51. The van der Waals surface area contributed by atoms with Crippen LogP contribution in [-0.2, 0) is 13.6 Å². The summed E-state index contributed by atoms with van der Waals surface area (Å²) in [5.41, 5.74) is 4.86. The number of imidazole rings is 1. The first-order valence-corrected chi connectivity index (χ1v) is 15.0. The standard InChI is InChI=1S/C27H22ClN3O2.4C2H6/c1-30-24-11-10-20(13-23(24)22(14-26(30)32)19-8-5-9-21(28)12-19)27(33)25-15-29-17-31(25)16-18-6-3-2-4-7-18;4*1-2/h2-15,17,27,33H,16H2,1H3;4*1-2H3. The van der Waals surface area contributed by atoms with Crippen molar-refractivity contribution in [2.24, 2.45) is 7.05 Å². The van der Waals surface area contributed by atoms with E-state index in [1.165, 1.54) is 0 Å². The molecule has 2 heterocycles. The molecule has 5 rings (SSSR count). The molecular weight excluding hydrogens is 530 g/mol. The van der Waals surface area contributed by atoms with E-state index in [1.54, 1.807) is 36.3 Å². The van der Waals surface area contributed by atoms with E-state index in [0.717, 1.165) is 33.2 Å². The number of aromatic nitrogens is 3. The molecule has 0 radical (unpaired) electrons. The maximum Gasteiger partial charge on any atom is 0.251 e. The number of aryl methyl sites for hydroxylation is 1. The van der Waals surface area contributed by atoms with Crippen LogP contribution < -0.4 is 5.56 Å². The van der Waals surface area contributed by atoms with Gasteiger partial charge in [0.15, 0.2) is 0 Å². The number of nitrogens with zero attached hydrogens (tertiary/aromatic N) is 3. The molecule has 0 saturated carbocycles. The lowest BCUT2D eigenvalue weighted by Gasteiger charge is -2.17.